The van der Waals surface area contributed by atoms with Crippen molar-refractivity contribution in [1.82, 2.24) is 35.3 Å². The summed E-state index contributed by atoms with van der Waals surface area (Å²) in [5.74, 6) is -1.73. The Kier molecular flexibility index (Phi) is 12.7. The Bertz CT molecular complexity index is 3160. The molecule has 4 aliphatic rings. The van der Waals surface area contributed by atoms with Crippen molar-refractivity contribution in [3.63, 3.8) is 0 Å². The van der Waals surface area contributed by atoms with E-state index in [1.807, 2.05) is 6.07 Å². The molecular formula is C51H47FN12O8. The first kappa shape index (κ1) is 46.9. The van der Waals surface area contributed by atoms with Crippen molar-refractivity contribution >= 4 is 75.0 Å². The lowest BCUT2D eigenvalue weighted by Crippen LogP contribution is -2.51. The number of piperidine rings is 1. The van der Waals surface area contributed by atoms with Gasteiger partial charge in [-0.3, -0.25) is 43.6 Å². The number of rotatable bonds is 15. The molecule has 4 aromatic carbocycles. The van der Waals surface area contributed by atoms with Crippen LogP contribution in [-0.4, -0.2) is 118 Å². The Labute approximate surface area is 411 Å². The van der Waals surface area contributed by atoms with Gasteiger partial charge in [0.05, 0.1) is 35.6 Å². The molecule has 72 heavy (non-hydrogen) atoms. The van der Waals surface area contributed by atoms with Gasteiger partial charge in [0, 0.05) is 73.6 Å². The number of hydrogen-bond acceptors (Lipinski definition) is 15. The summed E-state index contributed by atoms with van der Waals surface area (Å²) in [4.78, 5) is 93.0. The zero-order valence-corrected chi connectivity index (χ0v) is 38.9. The number of piperazine rings is 1. The number of nitrogens with zero attached hydrogens (tertiary/aromatic N) is 7. The summed E-state index contributed by atoms with van der Waals surface area (Å²) >= 11 is 0. The maximum absolute atomic E-state index is 13.4. The molecule has 0 radical (unpaired) electrons. The van der Waals surface area contributed by atoms with Crippen LogP contribution >= 0.6 is 0 Å². The maximum atomic E-state index is 13.4. The summed E-state index contributed by atoms with van der Waals surface area (Å²) in [6.45, 7) is 7.86. The third-order valence-electron chi connectivity index (χ3n) is 13.1. The van der Waals surface area contributed by atoms with Crippen LogP contribution in [0.1, 0.15) is 56.9 Å². The number of anilines is 5. The van der Waals surface area contributed by atoms with Gasteiger partial charge >= 0.3 is 0 Å². The summed E-state index contributed by atoms with van der Waals surface area (Å²) in [6.07, 6.45) is 4.51. The fourth-order valence-corrected chi connectivity index (χ4v) is 8.89. The van der Waals surface area contributed by atoms with Crippen molar-refractivity contribution in [3.8, 4) is 17.2 Å². The van der Waals surface area contributed by atoms with Gasteiger partial charge in [-0.05, 0) is 111 Å². The molecule has 5 N–H and O–H groups in total. The second kappa shape index (κ2) is 19.5. The molecular weight excluding hydrogens is 928 g/mol. The number of imide groups is 1. The highest BCUT2D eigenvalue weighted by molar-refractivity contribution is 6.23. The Hall–Kier alpha value is -8.85. The van der Waals surface area contributed by atoms with E-state index in [1.54, 1.807) is 60.8 Å². The van der Waals surface area contributed by atoms with Crippen molar-refractivity contribution in [2.24, 2.45) is 5.41 Å². The van der Waals surface area contributed by atoms with Gasteiger partial charge in [0.1, 0.15) is 34.5 Å². The lowest BCUT2D eigenvalue weighted by Gasteiger charge is -2.36. The molecule has 1 aliphatic carbocycles. The van der Waals surface area contributed by atoms with Crippen molar-refractivity contribution in [2.45, 2.75) is 31.7 Å². The highest BCUT2D eigenvalue weighted by Crippen LogP contribution is 2.48. The van der Waals surface area contributed by atoms with Crippen molar-refractivity contribution in [1.29, 1.82) is 0 Å². The van der Waals surface area contributed by atoms with Crippen LogP contribution < -0.4 is 41.0 Å². The summed E-state index contributed by atoms with van der Waals surface area (Å²) in [5, 5.41) is 22.9. The van der Waals surface area contributed by atoms with E-state index in [-0.39, 0.29) is 11.6 Å². The van der Waals surface area contributed by atoms with Crippen molar-refractivity contribution in [2.75, 3.05) is 72.5 Å². The number of halogens is 1. The van der Waals surface area contributed by atoms with Gasteiger partial charge in [0.25, 0.3) is 17.7 Å². The smallest absolute Gasteiger partial charge is 0.277 e. The van der Waals surface area contributed by atoms with E-state index in [1.165, 1.54) is 37.6 Å². The predicted octanol–water partition coefficient (Wildman–Crippen LogP) is 5.59. The van der Waals surface area contributed by atoms with E-state index in [2.05, 4.69) is 63.1 Å². The lowest BCUT2D eigenvalue weighted by atomic mass is 10.0. The van der Waals surface area contributed by atoms with Gasteiger partial charge in [0.2, 0.25) is 23.7 Å². The number of ether oxygens (including phenoxy) is 2. The molecule has 1 saturated carbocycles. The van der Waals surface area contributed by atoms with Gasteiger partial charge < -0.3 is 41.0 Å². The quantitative estimate of drug-likeness (QED) is 0.0622. The average Bonchev–Trinajstić information content (AvgIpc) is 4.17. The second-order valence-electron chi connectivity index (χ2n) is 17.7. The van der Waals surface area contributed by atoms with Crippen LogP contribution in [-0.2, 0) is 14.4 Å². The van der Waals surface area contributed by atoms with Crippen LogP contribution in [0.3, 0.4) is 0 Å². The molecule has 1 atom stereocenters. The Balaban J connectivity index is 0.692. The van der Waals surface area contributed by atoms with Gasteiger partial charge in [-0.1, -0.05) is 6.58 Å². The number of hydrogen-bond donors (Lipinski definition) is 5. The lowest BCUT2D eigenvalue weighted by molar-refractivity contribution is -0.131. The van der Waals surface area contributed by atoms with Gasteiger partial charge in [-0.2, -0.15) is 0 Å². The number of benzene rings is 4. The topological polar surface area (TPSA) is 242 Å². The number of pyridine rings is 1. The second-order valence-corrected chi connectivity index (χ2v) is 17.7. The SMILES string of the molecule is C=C1CCC(N2C(=O)c3ccc(N4CCN(CCNc5ncc(C(=O)Nc6cc7nccc(Oc8ccc(NC(=O)C9(C(=O)Nc%10ccc(F)cc%10)CC9)cc8)c7cc6OC)nn5)CC4)cc3C2=O)C(=O)N1. The molecule has 6 aromatic rings. The molecule has 6 amide bonds. The fraction of sp³-hybridized carbons (Fsp3) is 0.255. The number of amides is 6. The number of carbonyl (C=O) groups excluding carboxylic acids is 6. The Morgan fingerprint density at radius 3 is 2.19 bits per heavy atom. The van der Waals surface area contributed by atoms with Gasteiger partial charge in [0.15, 0.2) is 5.69 Å². The van der Waals surface area contributed by atoms with E-state index in [0.29, 0.717) is 114 Å². The fourth-order valence-electron chi connectivity index (χ4n) is 8.89. The minimum Gasteiger partial charge on any atom is -0.495 e. The summed E-state index contributed by atoms with van der Waals surface area (Å²) in [5.41, 5.74) is 2.46. The molecule has 3 fully saturated rings. The van der Waals surface area contributed by atoms with E-state index < -0.39 is 52.7 Å². The highest BCUT2D eigenvalue weighted by atomic mass is 19.1. The zero-order valence-electron chi connectivity index (χ0n) is 38.9. The normalized spacial score (nSPS) is 17.2. The van der Waals surface area contributed by atoms with Crippen LogP contribution in [0.15, 0.2) is 110 Å². The highest BCUT2D eigenvalue weighted by Gasteiger charge is 2.56. The first-order chi connectivity index (χ1) is 34.8. The minimum atomic E-state index is -1.21. The number of fused-ring (bicyclic) bond motifs is 2. The number of carbonyl (C=O) groups is 6. The molecule has 10 rings (SSSR count). The van der Waals surface area contributed by atoms with Crippen LogP contribution in [0.5, 0.6) is 17.2 Å². The van der Waals surface area contributed by atoms with Gasteiger partial charge in [-0.25, -0.2) is 9.37 Å². The van der Waals surface area contributed by atoms with Crippen LogP contribution in [0.4, 0.5) is 33.1 Å². The van der Waals surface area contributed by atoms with E-state index in [9.17, 15) is 33.2 Å². The average molecular weight is 975 g/mol. The molecule has 3 aliphatic heterocycles. The molecule has 1 unspecified atom stereocenters. The maximum Gasteiger partial charge on any atom is 0.277 e. The van der Waals surface area contributed by atoms with Gasteiger partial charge in [-0.15, -0.1) is 10.2 Å². The van der Waals surface area contributed by atoms with E-state index >= 15 is 0 Å². The molecule has 5 heterocycles. The number of aromatic nitrogens is 4. The van der Waals surface area contributed by atoms with Crippen LogP contribution in [0.2, 0.25) is 0 Å². The molecule has 366 valence electrons. The van der Waals surface area contributed by atoms with Crippen molar-refractivity contribution < 1.29 is 42.6 Å². The molecule has 2 aromatic heterocycles. The van der Waals surface area contributed by atoms with Crippen molar-refractivity contribution in [3.05, 3.63) is 132 Å². The summed E-state index contributed by atoms with van der Waals surface area (Å²) in [7, 11) is 1.47. The van der Waals surface area contributed by atoms with Crippen LogP contribution in [0, 0.1) is 11.2 Å². The predicted molar refractivity (Wildman–Crippen MR) is 262 cm³/mol. The Morgan fingerprint density at radius 2 is 1.53 bits per heavy atom. The summed E-state index contributed by atoms with van der Waals surface area (Å²) < 4.78 is 25.2. The zero-order chi connectivity index (χ0) is 50.1. The first-order valence-corrected chi connectivity index (χ1v) is 23.2. The number of allylic oxidation sites excluding steroid dienone is 1. The Morgan fingerprint density at radius 1 is 0.819 bits per heavy atom. The van der Waals surface area contributed by atoms with E-state index in [4.69, 9.17) is 9.47 Å². The summed E-state index contributed by atoms with van der Waals surface area (Å²) in [6, 6.07) is 21.4. The number of nitrogens with one attached hydrogen (secondary N) is 5. The third-order valence-corrected chi connectivity index (χ3v) is 13.1. The molecule has 21 heteroatoms. The molecule has 20 nitrogen and oxygen atoms in total. The van der Waals surface area contributed by atoms with Crippen LogP contribution in [0.25, 0.3) is 10.9 Å². The molecule has 0 bridgehead atoms. The first-order valence-electron chi connectivity index (χ1n) is 23.2. The molecule has 0 spiro atoms. The largest absolute Gasteiger partial charge is 0.495 e. The number of methoxy groups -OCH3 is 1. The standard InChI is InChI=1S/C51H47FN12O8/c1-29-3-14-41(45(66)56-29)64-46(67)35-13-10-33(25-36(35)47(64)68)63-23-21-62(22-24-63)20-19-54-50-55-28-40(60-61-50)44(65)59-39-27-38-37(26-43(39)71-2)42(15-18-53-38)72-34-11-8-32(9-12-34)58-49(70)51(16-17-51)48(69)57-31-6-4-30(52)5-7-31/h4-13,15,18,25-28,41H,1,3,14,16-17,19-24H2,2H3,(H,56,66)(H,57,69)(H,58,70)(H,59,65)(H,54,55,61). The third kappa shape index (κ3) is 9.56. The monoisotopic (exact) mass is 974 g/mol. The van der Waals surface area contributed by atoms with E-state index in [0.717, 1.165) is 23.7 Å². The minimum absolute atomic E-state index is 0.0276. The molecule has 2 saturated heterocycles.